The predicted octanol–water partition coefficient (Wildman–Crippen LogP) is 3.71. The van der Waals surface area contributed by atoms with Crippen molar-refractivity contribution in [2.45, 2.75) is 19.5 Å². The largest absolute Gasteiger partial charge is 0.334 e. The van der Waals surface area contributed by atoms with Gasteiger partial charge in [0.05, 0.1) is 15.9 Å². The number of rotatable bonds is 4. The van der Waals surface area contributed by atoms with Gasteiger partial charge in [0.1, 0.15) is 12.6 Å². The van der Waals surface area contributed by atoms with Crippen LogP contribution in [0.1, 0.15) is 24.4 Å². The van der Waals surface area contributed by atoms with E-state index >= 15 is 0 Å². The number of fused-ring (bicyclic) bond motifs is 1. The van der Waals surface area contributed by atoms with Gasteiger partial charge in [0, 0.05) is 15.6 Å². The van der Waals surface area contributed by atoms with E-state index in [2.05, 4.69) is 9.97 Å². The van der Waals surface area contributed by atoms with Gasteiger partial charge in [-0.2, -0.15) is 0 Å². The molecule has 1 heterocycles. The second kappa shape index (κ2) is 7.11. The summed E-state index contributed by atoms with van der Waals surface area (Å²) in [5.74, 6) is 0.590. The Balaban J connectivity index is 1.81. The maximum Gasteiger partial charge on any atom is 0.258 e. The first-order valence-corrected chi connectivity index (χ1v) is 8.54. The van der Waals surface area contributed by atoms with Crippen LogP contribution in [0.4, 0.5) is 0 Å². The molecular formula is C17H15Cl3N3O+. The summed E-state index contributed by atoms with van der Waals surface area (Å²) in [5, 5.41) is 4.35. The molecule has 7 heteroatoms. The number of hydrogen-bond donors (Lipinski definition) is 2. The molecule has 1 atom stereocenters. The molecule has 0 fully saturated rings. The zero-order valence-corrected chi connectivity index (χ0v) is 15.1. The molecule has 3 rings (SSSR count). The second-order valence-electron chi connectivity index (χ2n) is 5.57. The third-order valence-corrected chi connectivity index (χ3v) is 4.63. The fraction of sp³-hybridized carbons (Fsp3) is 0.176. The number of aromatic nitrogens is 2. The van der Waals surface area contributed by atoms with Crippen molar-refractivity contribution < 1.29 is 5.32 Å². The van der Waals surface area contributed by atoms with Crippen molar-refractivity contribution >= 4 is 45.7 Å². The molecule has 0 unspecified atom stereocenters. The summed E-state index contributed by atoms with van der Waals surface area (Å²) in [6, 6.07) is 10.6. The number of hydrogen-bond acceptors (Lipinski definition) is 2. The van der Waals surface area contributed by atoms with E-state index in [9.17, 15) is 4.79 Å². The molecule has 0 aliphatic carbocycles. The number of halogens is 3. The number of quaternary nitrogens is 1. The van der Waals surface area contributed by atoms with E-state index in [4.69, 9.17) is 34.8 Å². The Morgan fingerprint density at radius 1 is 1.12 bits per heavy atom. The molecule has 0 aliphatic heterocycles. The van der Waals surface area contributed by atoms with Gasteiger partial charge >= 0.3 is 0 Å². The second-order valence-corrected chi connectivity index (χ2v) is 6.85. The van der Waals surface area contributed by atoms with E-state index in [-0.39, 0.29) is 11.6 Å². The molecule has 3 N–H and O–H groups in total. The van der Waals surface area contributed by atoms with Crippen molar-refractivity contribution in [1.29, 1.82) is 0 Å². The third kappa shape index (κ3) is 3.73. The lowest BCUT2D eigenvalue weighted by atomic mass is 10.1. The molecule has 4 nitrogen and oxygen atoms in total. The van der Waals surface area contributed by atoms with Crippen LogP contribution in [0.15, 0.2) is 41.2 Å². The normalized spacial score (nSPS) is 12.5. The van der Waals surface area contributed by atoms with Gasteiger partial charge in [-0.3, -0.25) is 4.79 Å². The molecule has 124 valence electrons. The average molecular weight is 384 g/mol. The van der Waals surface area contributed by atoms with E-state index in [0.29, 0.717) is 38.3 Å². The lowest BCUT2D eigenvalue weighted by molar-refractivity contribution is -0.708. The number of H-pyrrole nitrogens is 1. The predicted molar refractivity (Wildman–Crippen MR) is 97.9 cm³/mol. The van der Waals surface area contributed by atoms with Crippen LogP contribution in [0, 0.1) is 0 Å². The Kier molecular flexibility index (Phi) is 5.11. The van der Waals surface area contributed by atoms with Crippen molar-refractivity contribution in [2.24, 2.45) is 0 Å². The zero-order chi connectivity index (χ0) is 17.3. The van der Waals surface area contributed by atoms with E-state index < -0.39 is 0 Å². The number of aromatic amines is 1. The summed E-state index contributed by atoms with van der Waals surface area (Å²) in [4.78, 5) is 19.4. The van der Waals surface area contributed by atoms with Gasteiger partial charge in [-0.1, -0.05) is 40.9 Å². The molecule has 0 spiro atoms. The Hall–Kier alpha value is -1.59. The summed E-state index contributed by atoms with van der Waals surface area (Å²) in [6.07, 6.45) is 0. The van der Waals surface area contributed by atoms with Gasteiger partial charge in [-0.05, 0) is 37.3 Å². The van der Waals surface area contributed by atoms with Gasteiger partial charge < -0.3 is 10.3 Å². The SMILES string of the molecule is C[C@@H]([NH2+]Cc1nc2cc(Cl)ccc2c(=O)[nH]1)c1ccc(Cl)cc1Cl. The molecule has 3 aromatic rings. The topological polar surface area (TPSA) is 62.4 Å². The maximum absolute atomic E-state index is 12.1. The summed E-state index contributed by atoms with van der Waals surface area (Å²) < 4.78 is 0. The van der Waals surface area contributed by atoms with Gasteiger partial charge in [0.2, 0.25) is 0 Å². The lowest BCUT2D eigenvalue weighted by Crippen LogP contribution is -2.83. The van der Waals surface area contributed by atoms with Crippen molar-refractivity contribution in [3.05, 3.63) is 73.2 Å². The molecule has 0 radical (unpaired) electrons. The van der Waals surface area contributed by atoms with Gasteiger partial charge in [-0.25, -0.2) is 4.98 Å². The van der Waals surface area contributed by atoms with Crippen molar-refractivity contribution in [2.75, 3.05) is 0 Å². The van der Waals surface area contributed by atoms with Crippen LogP contribution in [0.3, 0.4) is 0 Å². The number of nitrogens with zero attached hydrogens (tertiary/aromatic N) is 1. The Morgan fingerprint density at radius 2 is 1.83 bits per heavy atom. The highest BCUT2D eigenvalue weighted by molar-refractivity contribution is 6.35. The number of nitrogens with one attached hydrogen (secondary N) is 1. The van der Waals surface area contributed by atoms with Crippen molar-refractivity contribution in [3.63, 3.8) is 0 Å². The summed E-state index contributed by atoms with van der Waals surface area (Å²) in [5.41, 5.74) is 1.40. The lowest BCUT2D eigenvalue weighted by Gasteiger charge is -2.12. The highest BCUT2D eigenvalue weighted by Crippen LogP contribution is 2.24. The van der Waals surface area contributed by atoms with Crippen LogP contribution in [-0.2, 0) is 6.54 Å². The zero-order valence-electron chi connectivity index (χ0n) is 12.8. The van der Waals surface area contributed by atoms with Crippen LogP contribution in [0.2, 0.25) is 15.1 Å². The molecule has 1 aromatic heterocycles. The minimum absolute atomic E-state index is 0.0927. The standard InChI is InChI=1S/C17H14Cl3N3O/c1-9(12-4-2-10(18)6-14(12)20)21-8-16-22-15-7-11(19)3-5-13(15)17(24)23-16/h2-7,9,21H,8H2,1H3,(H,22,23,24)/p+1/t9-/m1/s1. The van der Waals surface area contributed by atoms with Crippen molar-refractivity contribution in [1.82, 2.24) is 9.97 Å². The summed E-state index contributed by atoms with van der Waals surface area (Å²) >= 11 is 18.1. The van der Waals surface area contributed by atoms with Crippen LogP contribution in [0.25, 0.3) is 10.9 Å². The molecule has 0 saturated heterocycles. The monoisotopic (exact) mass is 382 g/mol. The fourth-order valence-electron chi connectivity index (χ4n) is 2.54. The van der Waals surface area contributed by atoms with E-state index in [1.54, 1.807) is 24.3 Å². The fourth-order valence-corrected chi connectivity index (χ4v) is 3.29. The summed E-state index contributed by atoms with van der Waals surface area (Å²) in [7, 11) is 0. The Labute approximate surface area is 153 Å². The summed E-state index contributed by atoms with van der Waals surface area (Å²) in [6.45, 7) is 2.54. The Morgan fingerprint density at radius 3 is 2.58 bits per heavy atom. The highest BCUT2D eigenvalue weighted by atomic mass is 35.5. The molecule has 0 aliphatic rings. The molecule has 0 amide bonds. The minimum Gasteiger partial charge on any atom is -0.334 e. The van der Waals surface area contributed by atoms with E-state index in [1.807, 2.05) is 24.4 Å². The molecule has 2 aromatic carbocycles. The smallest absolute Gasteiger partial charge is 0.258 e. The van der Waals surface area contributed by atoms with Crippen molar-refractivity contribution in [3.8, 4) is 0 Å². The average Bonchev–Trinajstić information content (AvgIpc) is 2.52. The molecule has 0 saturated carbocycles. The first-order chi connectivity index (χ1) is 11.4. The van der Waals surface area contributed by atoms with Gasteiger partial charge in [-0.15, -0.1) is 0 Å². The first kappa shape index (κ1) is 17.2. The van der Waals surface area contributed by atoms with E-state index in [1.165, 1.54) is 0 Å². The first-order valence-electron chi connectivity index (χ1n) is 7.41. The van der Waals surface area contributed by atoms with E-state index in [0.717, 1.165) is 5.56 Å². The number of nitrogens with two attached hydrogens (primary N) is 1. The highest BCUT2D eigenvalue weighted by Gasteiger charge is 2.14. The molecular weight excluding hydrogens is 369 g/mol. The minimum atomic E-state index is -0.169. The maximum atomic E-state index is 12.1. The van der Waals surface area contributed by atoms with Gasteiger partial charge in [0.15, 0.2) is 5.82 Å². The van der Waals surface area contributed by atoms with Gasteiger partial charge in [0.25, 0.3) is 5.56 Å². The molecule has 0 bridgehead atoms. The van der Waals surface area contributed by atoms with Crippen LogP contribution in [0.5, 0.6) is 0 Å². The van der Waals surface area contributed by atoms with Crippen LogP contribution < -0.4 is 10.9 Å². The number of benzene rings is 2. The van der Waals surface area contributed by atoms with Crippen LogP contribution in [-0.4, -0.2) is 9.97 Å². The Bertz CT molecular complexity index is 955. The van der Waals surface area contributed by atoms with Crippen LogP contribution >= 0.6 is 34.8 Å². The third-order valence-electron chi connectivity index (χ3n) is 3.84. The quantitative estimate of drug-likeness (QED) is 0.721. The molecule has 24 heavy (non-hydrogen) atoms.